The van der Waals surface area contributed by atoms with Crippen molar-refractivity contribution in [2.24, 2.45) is 0 Å². The first-order valence-corrected chi connectivity index (χ1v) is 2.47. The molecule has 0 unspecified atom stereocenters. The first-order chi connectivity index (χ1) is 4.38. The molecular formula is C7H5NO. The Balaban J connectivity index is 3.17. The van der Waals surface area contributed by atoms with E-state index in [9.17, 15) is 4.79 Å². The van der Waals surface area contributed by atoms with Crippen molar-refractivity contribution >= 4 is 6.29 Å². The molecule has 0 aliphatic rings. The predicted octanol–water partition coefficient (Wildman–Crippen LogP) is 0.808. The number of H-pyrrole nitrogens is 1. The van der Waals surface area contributed by atoms with Crippen LogP contribution in [-0.2, 0) is 0 Å². The second-order valence-corrected chi connectivity index (χ2v) is 1.57. The van der Waals surface area contributed by atoms with Gasteiger partial charge in [-0.15, -0.1) is 6.42 Å². The summed E-state index contributed by atoms with van der Waals surface area (Å²) in [6, 6.07) is 1.68. The van der Waals surface area contributed by atoms with E-state index >= 15 is 0 Å². The highest BCUT2D eigenvalue weighted by molar-refractivity contribution is 5.76. The highest BCUT2D eigenvalue weighted by Crippen LogP contribution is 1.99. The summed E-state index contributed by atoms with van der Waals surface area (Å²) in [6.45, 7) is 0. The maximum Gasteiger partial charge on any atom is 0.167 e. The second kappa shape index (κ2) is 2.19. The number of aromatic amines is 1. The molecule has 9 heavy (non-hydrogen) atoms. The van der Waals surface area contributed by atoms with E-state index in [1.54, 1.807) is 12.3 Å². The van der Waals surface area contributed by atoms with Crippen LogP contribution in [0.1, 0.15) is 16.1 Å². The Bertz CT molecular complexity index is 254. The van der Waals surface area contributed by atoms with E-state index in [1.807, 2.05) is 0 Å². The van der Waals surface area contributed by atoms with Gasteiger partial charge in [0, 0.05) is 6.20 Å². The zero-order valence-electron chi connectivity index (χ0n) is 4.72. The van der Waals surface area contributed by atoms with Gasteiger partial charge in [0.25, 0.3) is 0 Å². The predicted molar refractivity (Wildman–Crippen MR) is 34.1 cm³/mol. The van der Waals surface area contributed by atoms with E-state index in [0.717, 1.165) is 0 Å². The average molecular weight is 119 g/mol. The van der Waals surface area contributed by atoms with Crippen molar-refractivity contribution in [3.63, 3.8) is 0 Å². The summed E-state index contributed by atoms with van der Waals surface area (Å²) < 4.78 is 0. The Labute approximate surface area is 52.9 Å². The van der Waals surface area contributed by atoms with Gasteiger partial charge in [-0.2, -0.15) is 0 Å². The fourth-order valence-electron chi connectivity index (χ4n) is 0.606. The van der Waals surface area contributed by atoms with Gasteiger partial charge in [0.15, 0.2) is 6.29 Å². The normalized spacial score (nSPS) is 8.33. The van der Waals surface area contributed by atoms with Gasteiger partial charge in [0.2, 0.25) is 0 Å². The molecule has 1 heterocycles. The van der Waals surface area contributed by atoms with Gasteiger partial charge in [-0.1, -0.05) is 5.92 Å². The summed E-state index contributed by atoms with van der Waals surface area (Å²) in [5, 5.41) is 0. The maximum absolute atomic E-state index is 10.1. The lowest BCUT2D eigenvalue weighted by molar-refractivity contribution is 0.111. The molecule has 1 aromatic heterocycles. The minimum absolute atomic E-state index is 0.470. The standard InChI is InChI=1S/C7H5NO/c1-2-6-3-4-8-7(6)5-9/h1,3-5,8H. The van der Waals surface area contributed by atoms with Crippen LogP contribution in [0.3, 0.4) is 0 Å². The van der Waals surface area contributed by atoms with E-state index in [-0.39, 0.29) is 0 Å². The van der Waals surface area contributed by atoms with Crippen molar-refractivity contribution < 1.29 is 4.79 Å². The lowest BCUT2D eigenvalue weighted by Crippen LogP contribution is -1.80. The van der Waals surface area contributed by atoms with Crippen LogP contribution in [0, 0.1) is 12.3 Å². The van der Waals surface area contributed by atoms with E-state index in [0.29, 0.717) is 17.5 Å². The van der Waals surface area contributed by atoms with Gasteiger partial charge in [-0.25, -0.2) is 0 Å². The topological polar surface area (TPSA) is 32.9 Å². The molecule has 1 rings (SSSR count). The Hall–Kier alpha value is -1.49. The molecule has 0 aliphatic carbocycles. The molecule has 2 heteroatoms. The molecule has 0 spiro atoms. The zero-order chi connectivity index (χ0) is 6.69. The van der Waals surface area contributed by atoms with Crippen molar-refractivity contribution in [3.8, 4) is 12.3 Å². The molecular weight excluding hydrogens is 114 g/mol. The number of aldehydes is 1. The van der Waals surface area contributed by atoms with Crippen molar-refractivity contribution in [2.75, 3.05) is 0 Å². The highest BCUT2D eigenvalue weighted by Gasteiger charge is 1.95. The number of terminal acetylenes is 1. The van der Waals surface area contributed by atoms with Crippen LogP contribution in [0.5, 0.6) is 0 Å². The Morgan fingerprint density at radius 1 is 1.78 bits per heavy atom. The Kier molecular flexibility index (Phi) is 1.37. The first-order valence-electron chi connectivity index (χ1n) is 2.47. The van der Waals surface area contributed by atoms with Gasteiger partial charge in [0.05, 0.1) is 11.3 Å². The SMILES string of the molecule is C#Cc1cc[nH]c1C=O. The minimum Gasteiger partial charge on any atom is -0.358 e. The molecule has 0 radical (unpaired) electrons. The van der Waals surface area contributed by atoms with Crippen LogP contribution in [0.2, 0.25) is 0 Å². The van der Waals surface area contributed by atoms with Gasteiger partial charge in [0.1, 0.15) is 0 Å². The third kappa shape index (κ3) is 0.846. The van der Waals surface area contributed by atoms with Crippen LogP contribution in [0.25, 0.3) is 0 Å². The number of nitrogens with one attached hydrogen (secondary N) is 1. The van der Waals surface area contributed by atoms with Gasteiger partial charge >= 0.3 is 0 Å². The Morgan fingerprint density at radius 2 is 2.56 bits per heavy atom. The molecule has 0 aliphatic heterocycles. The van der Waals surface area contributed by atoms with Crippen molar-refractivity contribution in [1.29, 1.82) is 0 Å². The molecule has 0 aromatic carbocycles. The van der Waals surface area contributed by atoms with Crippen molar-refractivity contribution in [1.82, 2.24) is 4.98 Å². The lowest BCUT2D eigenvalue weighted by Gasteiger charge is -1.80. The summed E-state index contributed by atoms with van der Waals surface area (Å²) in [7, 11) is 0. The fourth-order valence-corrected chi connectivity index (χ4v) is 0.606. The van der Waals surface area contributed by atoms with Crippen LogP contribution in [0.15, 0.2) is 12.3 Å². The van der Waals surface area contributed by atoms with Gasteiger partial charge in [-0.05, 0) is 6.07 Å². The summed E-state index contributed by atoms with van der Waals surface area (Å²) in [6.07, 6.45) is 7.38. The molecule has 44 valence electrons. The molecule has 0 amide bonds. The van der Waals surface area contributed by atoms with Crippen molar-refractivity contribution in [2.45, 2.75) is 0 Å². The van der Waals surface area contributed by atoms with Crippen LogP contribution in [-0.4, -0.2) is 11.3 Å². The molecule has 0 atom stereocenters. The van der Waals surface area contributed by atoms with E-state index in [2.05, 4.69) is 10.9 Å². The number of carbonyl (C=O) groups excluding carboxylic acids is 1. The number of rotatable bonds is 1. The van der Waals surface area contributed by atoms with Gasteiger partial charge < -0.3 is 4.98 Å². The van der Waals surface area contributed by atoms with Crippen LogP contribution in [0.4, 0.5) is 0 Å². The van der Waals surface area contributed by atoms with E-state index in [1.165, 1.54) is 0 Å². The largest absolute Gasteiger partial charge is 0.358 e. The number of carbonyl (C=O) groups is 1. The van der Waals surface area contributed by atoms with E-state index < -0.39 is 0 Å². The zero-order valence-corrected chi connectivity index (χ0v) is 4.72. The smallest absolute Gasteiger partial charge is 0.167 e. The second-order valence-electron chi connectivity index (χ2n) is 1.57. The maximum atomic E-state index is 10.1. The number of aromatic nitrogens is 1. The molecule has 2 nitrogen and oxygen atoms in total. The average Bonchev–Trinajstić information content (AvgIpc) is 2.33. The summed E-state index contributed by atoms with van der Waals surface area (Å²) >= 11 is 0. The number of hydrogen-bond acceptors (Lipinski definition) is 1. The van der Waals surface area contributed by atoms with Gasteiger partial charge in [-0.3, -0.25) is 4.79 Å². The molecule has 0 saturated carbocycles. The number of hydrogen-bond donors (Lipinski definition) is 1. The molecule has 1 N–H and O–H groups in total. The van der Waals surface area contributed by atoms with Crippen LogP contribution < -0.4 is 0 Å². The van der Waals surface area contributed by atoms with Crippen LogP contribution >= 0.6 is 0 Å². The third-order valence-electron chi connectivity index (χ3n) is 1.05. The summed E-state index contributed by atoms with van der Waals surface area (Å²) in [5.41, 5.74) is 1.09. The summed E-state index contributed by atoms with van der Waals surface area (Å²) in [5.74, 6) is 2.36. The first kappa shape index (κ1) is 5.64. The monoisotopic (exact) mass is 119 g/mol. The molecule has 0 bridgehead atoms. The minimum atomic E-state index is 0.470. The summed E-state index contributed by atoms with van der Waals surface area (Å²) in [4.78, 5) is 12.8. The van der Waals surface area contributed by atoms with Crippen molar-refractivity contribution in [3.05, 3.63) is 23.5 Å². The van der Waals surface area contributed by atoms with E-state index in [4.69, 9.17) is 6.42 Å². The fraction of sp³-hybridized carbons (Fsp3) is 0. The molecule has 0 saturated heterocycles. The molecule has 1 aromatic rings. The highest BCUT2D eigenvalue weighted by atomic mass is 16.1. The quantitative estimate of drug-likeness (QED) is 0.430. The molecule has 0 fully saturated rings. The third-order valence-corrected chi connectivity index (χ3v) is 1.05. The Morgan fingerprint density at radius 3 is 3.00 bits per heavy atom. The lowest BCUT2D eigenvalue weighted by atomic mass is 10.3.